The van der Waals surface area contributed by atoms with Crippen LogP contribution in [0.15, 0.2) is 30.3 Å². The SMILES string of the molecule is C[C@H](OC(=O)C[C@@]1(O)C[C@@H](O)CCO1)c1ccccc1. The Morgan fingerprint density at radius 3 is 2.85 bits per heavy atom. The van der Waals surface area contributed by atoms with Gasteiger partial charge in [-0.2, -0.15) is 0 Å². The number of carbonyl (C=O) groups is 1. The minimum Gasteiger partial charge on any atom is -0.458 e. The van der Waals surface area contributed by atoms with Crippen LogP contribution in [-0.4, -0.2) is 34.7 Å². The summed E-state index contributed by atoms with van der Waals surface area (Å²) in [5.41, 5.74) is 0.887. The minimum absolute atomic E-state index is 0.0296. The summed E-state index contributed by atoms with van der Waals surface area (Å²) in [6.45, 7) is 2.01. The number of hydrogen-bond donors (Lipinski definition) is 2. The van der Waals surface area contributed by atoms with Crippen LogP contribution < -0.4 is 0 Å². The van der Waals surface area contributed by atoms with E-state index in [1.807, 2.05) is 30.3 Å². The quantitative estimate of drug-likeness (QED) is 0.818. The lowest BCUT2D eigenvalue weighted by Gasteiger charge is -2.34. The van der Waals surface area contributed by atoms with Crippen LogP contribution in [0.3, 0.4) is 0 Å². The first-order valence-electron chi connectivity index (χ1n) is 6.77. The molecule has 1 heterocycles. The molecule has 0 spiro atoms. The second kappa shape index (κ2) is 6.35. The molecule has 1 aromatic carbocycles. The van der Waals surface area contributed by atoms with Gasteiger partial charge in [0.1, 0.15) is 6.10 Å². The highest BCUT2D eigenvalue weighted by Gasteiger charge is 2.37. The van der Waals surface area contributed by atoms with Gasteiger partial charge in [-0.1, -0.05) is 30.3 Å². The van der Waals surface area contributed by atoms with Gasteiger partial charge >= 0.3 is 5.97 Å². The van der Waals surface area contributed by atoms with Crippen LogP contribution >= 0.6 is 0 Å². The van der Waals surface area contributed by atoms with Gasteiger partial charge in [-0.05, 0) is 18.9 Å². The number of hydrogen-bond acceptors (Lipinski definition) is 5. The molecule has 0 saturated carbocycles. The highest BCUT2D eigenvalue weighted by molar-refractivity contribution is 5.70. The van der Waals surface area contributed by atoms with E-state index < -0.39 is 17.9 Å². The fourth-order valence-electron chi connectivity index (χ4n) is 2.29. The molecule has 1 fully saturated rings. The van der Waals surface area contributed by atoms with Crippen molar-refractivity contribution >= 4 is 5.97 Å². The van der Waals surface area contributed by atoms with Gasteiger partial charge in [0.2, 0.25) is 0 Å². The zero-order chi connectivity index (χ0) is 14.6. The zero-order valence-electron chi connectivity index (χ0n) is 11.5. The van der Waals surface area contributed by atoms with Gasteiger partial charge < -0.3 is 19.7 Å². The lowest BCUT2D eigenvalue weighted by molar-refractivity contribution is -0.249. The van der Waals surface area contributed by atoms with Gasteiger partial charge in [0.25, 0.3) is 0 Å². The standard InChI is InChI=1S/C15H20O5/c1-11(12-5-3-2-4-6-12)20-14(17)10-15(18)9-13(16)7-8-19-15/h2-6,11,13,16,18H,7-10H2,1H3/t11-,13-,15+/m0/s1. The molecule has 5 heteroatoms. The van der Waals surface area contributed by atoms with E-state index in [0.29, 0.717) is 6.42 Å². The maximum Gasteiger partial charge on any atom is 0.311 e. The van der Waals surface area contributed by atoms with Crippen LogP contribution in [0.1, 0.15) is 37.9 Å². The van der Waals surface area contributed by atoms with E-state index in [1.165, 1.54) is 0 Å². The molecule has 0 amide bonds. The second-order valence-electron chi connectivity index (χ2n) is 5.16. The Hall–Kier alpha value is -1.43. The van der Waals surface area contributed by atoms with Gasteiger partial charge in [0, 0.05) is 6.42 Å². The number of rotatable bonds is 4. The minimum atomic E-state index is -1.62. The maximum atomic E-state index is 11.9. The number of benzene rings is 1. The largest absolute Gasteiger partial charge is 0.458 e. The van der Waals surface area contributed by atoms with Gasteiger partial charge in [0.05, 0.1) is 19.1 Å². The first-order valence-corrected chi connectivity index (χ1v) is 6.77. The summed E-state index contributed by atoms with van der Waals surface area (Å²) in [5.74, 6) is -2.16. The Kier molecular flexibility index (Phi) is 4.75. The molecule has 3 atom stereocenters. The lowest BCUT2D eigenvalue weighted by atomic mass is 10.00. The fraction of sp³-hybridized carbons (Fsp3) is 0.533. The molecule has 1 aliphatic heterocycles. The van der Waals surface area contributed by atoms with Crippen LogP contribution in [0.25, 0.3) is 0 Å². The van der Waals surface area contributed by atoms with Gasteiger partial charge in [-0.25, -0.2) is 0 Å². The molecule has 1 saturated heterocycles. The first-order chi connectivity index (χ1) is 9.48. The van der Waals surface area contributed by atoms with Crippen molar-refractivity contribution in [1.29, 1.82) is 0 Å². The van der Waals surface area contributed by atoms with E-state index in [1.54, 1.807) is 6.92 Å². The van der Waals surface area contributed by atoms with Crippen LogP contribution in [-0.2, 0) is 14.3 Å². The van der Waals surface area contributed by atoms with Gasteiger partial charge in [-0.15, -0.1) is 0 Å². The van der Waals surface area contributed by atoms with Gasteiger partial charge in [-0.3, -0.25) is 4.79 Å². The van der Waals surface area contributed by atoms with Crippen LogP contribution in [0.2, 0.25) is 0 Å². The number of esters is 1. The van der Waals surface area contributed by atoms with Gasteiger partial charge in [0.15, 0.2) is 5.79 Å². The van der Waals surface area contributed by atoms with Crippen LogP contribution in [0, 0.1) is 0 Å². The van der Waals surface area contributed by atoms with E-state index in [2.05, 4.69) is 0 Å². The molecule has 0 aromatic heterocycles. The van der Waals surface area contributed by atoms with Crippen molar-refractivity contribution in [1.82, 2.24) is 0 Å². The van der Waals surface area contributed by atoms with E-state index in [9.17, 15) is 15.0 Å². The van der Waals surface area contributed by atoms with Crippen LogP contribution in [0.5, 0.6) is 0 Å². The van der Waals surface area contributed by atoms with Crippen molar-refractivity contribution in [2.45, 2.75) is 44.2 Å². The first kappa shape index (κ1) is 15.0. The van der Waals surface area contributed by atoms with Crippen molar-refractivity contribution in [3.05, 3.63) is 35.9 Å². The normalized spacial score (nSPS) is 27.9. The molecule has 2 N–H and O–H groups in total. The molecular formula is C15H20O5. The average molecular weight is 280 g/mol. The Bertz CT molecular complexity index is 447. The highest BCUT2D eigenvalue weighted by Crippen LogP contribution is 2.27. The number of ether oxygens (including phenoxy) is 2. The Morgan fingerprint density at radius 2 is 2.20 bits per heavy atom. The van der Waals surface area contributed by atoms with E-state index >= 15 is 0 Å². The summed E-state index contributed by atoms with van der Waals surface area (Å²) in [4.78, 5) is 11.9. The summed E-state index contributed by atoms with van der Waals surface area (Å²) in [6.07, 6.45) is -0.810. The molecule has 0 bridgehead atoms. The average Bonchev–Trinajstić information content (AvgIpc) is 2.38. The summed E-state index contributed by atoms with van der Waals surface area (Å²) >= 11 is 0. The predicted octanol–water partition coefficient (Wildman–Crippen LogP) is 1.54. The third-order valence-corrected chi connectivity index (χ3v) is 3.37. The number of carbonyl (C=O) groups excluding carboxylic acids is 1. The van der Waals surface area contributed by atoms with Crippen molar-refractivity contribution in [2.24, 2.45) is 0 Å². The molecule has 5 nitrogen and oxygen atoms in total. The van der Waals surface area contributed by atoms with Crippen molar-refractivity contribution < 1.29 is 24.5 Å². The Balaban J connectivity index is 1.89. The fourth-order valence-corrected chi connectivity index (χ4v) is 2.29. The third-order valence-electron chi connectivity index (χ3n) is 3.37. The van der Waals surface area contributed by atoms with Crippen molar-refractivity contribution in [3.63, 3.8) is 0 Å². The number of aliphatic hydroxyl groups is 2. The van der Waals surface area contributed by atoms with E-state index in [0.717, 1.165) is 5.56 Å². The summed E-state index contributed by atoms with van der Waals surface area (Å²) < 4.78 is 10.5. The van der Waals surface area contributed by atoms with E-state index in [4.69, 9.17) is 9.47 Å². The van der Waals surface area contributed by atoms with E-state index in [-0.39, 0.29) is 25.6 Å². The molecule has 20 heavy (non-hydrogen) atoms. The molecule has 0 unspecified atom stereocenters. The molecule has 0 radical (unpaired) electrons. The monoisotopic (exact) mass is 280 g/mol. The molecule has 1 aromatic rings. The smallest absolute Gasteiger partial charge is 0.311 e. The second-order valence-corrected chi connectivity index (χ2v) is 5.16. The summed E-state index contributed by atoms with van der Waals surface area (Å²) in [7, 11) is 0. The third kappa shape index (κ3) is 4.03. The molecule has 2 rings (SSSR count). The summed E-state index contributed by atoms with van der Waals surface area (Å²) in [5, 5.41) is 19.6. The molecule has 110 valence electrons. The molecule has 0 aliphatic carbocycles. The maximum absolute atomic E-state index is 11.9. The van der Waals surface area contributed by atoms with Crippen molar-refractivity contribution in [2.75, 3.05) is 6.61 Å². The predicted molar refractivity (Wildman–Crippen MR) is 71.7 cm³/mol. The summed E-state index contributed by atoms with van der Waals surface area (Å²) in [6, 6.07) is 9.36. The topological polar surface area (TPSA) is 76.0 Å². The zero-order valence-corrected chi connectivity index (χ0v) is 11.5. The Morgan fingerprint density at radius 1 is 1.50 bits per heavy atom. The lowest BCUT2D eigenvalue weighted by Crippen LogP contribution is -2.43. The molecular weight excluding hydrogens is 260 g/mol. The Labute approximate surface area is 118 Å². The van der Waals surface area contributed by atoms with Crippen LogP contribution in [0.4, 0.5) is 0 Å². The molecule has 1 aliphatic rings. The highest BCUT2D eigenvalue weighted by atomic mass is 16.6. The number of aliphatic hydroxyl groups excluding tert-OH is 1. The van der Waals surface area contributed by atoms with Crippen molar-refractivity contribution in [3.8, 4) is 0 Å².